The van der Waals surface area contributed by atoms with Crippen LogP contribution >= 0.6 is 0 Å². The van der Waals surface area contributed by atoms with Gasteiger partial charge in [0.05, 0.1) is 5.52 Å². The zero-order valence-electron chi connectivity index (χ0n) is 16.9. The molecule has 0 saturated heterocycles. The fraction of sp³-hybridized carbons (Fsp3) is 0.500. The Hall–Kier alpha value is -2.66. The van der Waals surface area contributed by atoms with Gasteiger partial charge in [-0.3, -0.25) is 0 Å². The summed E-state index contributed by atoms with van der Waals surface area (Å²) in [6, 6.07) is 3.40. The van der Waals surface area contributed by atoms with Gasteiger partial charge in [-0.05, 0) is 52.2 Å². The quantitative estimate of drug-likeness (QED) is 0.471. The van der Waals surface area contributed by atoms with Crippen LogP contribution in [0.2, 0.25) is 0 Å². The predicted octanol–water partition coefficient (Wildman–Crippen LogP) is 2.20. The molecule has 2 aromatic rings. The van der Waals surface area contributed by atoms with Crippen LogP contribution in [0, 0.1) is 6.92 Å². The Labute approximate surface area is 170 Å². The van der Waals surface area contributed by atoms with Gasteiger partial charge in [-0.2, -0.15) is 13.1 Å². The molecule has 160 valence electrons. The van der Waals surface area contributed by atoms with E-state index in [2.05, 4.69) is 20.0 Å². The molecule has 4 N–H and O–H groups in total. The van der Waals surface area contributed by atoms with E-state index in [0.717, 1.165) is 10.9 Å². The highest BCUT2D eigenvalue weighted by molar-refractivity contribution is 7.88. The summed E-state index contributed by atoms with van der Waals surface area (Å²) in [4.78, 5) is 19.9. The first-order chi connectivity index (χ1) is 13.5. The molecular weight excluding hydrogens is 398 g/mol. The van der Waals surface area contributed by atoms with E-state index in [0.29, 0.717) is 30.7 Å². The maximum Gasteiger partial charge on any atom is 0.422 e. The van der Waals surface area contributed by atoms with Crippen molar-refractivity contribution in [2.45, 2.75) is 46.1 Å². The lowest BCUT2D eigenvalue weighted by atomic mass is 10.1. The third kappa shape index (κ3) is 7.35. The number of phenols is 1. The summed E-state index contributed by atoms with van der Waals surface area (Å²) >= 11 is 0. The summed E-state index contributed by atoms with van der Waals surface area (Å²) in [6.07, 6.45) is 1.60. The summed E-state index contributed by atoms with van der Waals surface area (Å²) in [5, 5.41) is 13.8. The van der Waals surface area contributed by atoms with Crippen molar-refractivity contribution < 1.29 is 23.1 Å². The number of anilines is 1. The van der Waals surface area contributed by atoms with Gasteiger partial charge in [-0.15, -0.1) is 0 Å². The van der Waals surface area contributed by atoms with Gasteiger partial charge in [0.25, 0.3) is 0 Å². The van der Waals surface area contributed by atoms with Crippen molar-refractivity contribution in [2.75, 3.05) is 18.4 Å². The maximum absolute atomic E-state index is 11.8. The molecule has 0 radical (unpaired) electrons. The number of benzene rings is 1. The SMILES string of the molecule is Cc1cc2c(NCCCCNS(=O)(=O)NC(=O)OC(C)(C)C)ncnc2cc1O. The number of hydrogen-bond acceptors (Lipinski definition) is 8. The number of hydrogen-bond donors (Lipinski definition) is 4. The molecule has 1 aromatic carbocycles. The Bertz CT molecular complexity index is 973. The molecule has 1 aromatic heterocycles. The molecule has 0 bridgehead atoms. The highest BCUT2D eigenvalue weighted by Crippen LogP contribution is 2.26. The summed E-state index contributed by atoms with van der Waals surface area (Å²) < 4.78 is 32.6. The van der Waals surface area contributed by atoms with Crippen LogP contribution in [0.5, 0.6) is 5.75 Å². The number of rotatable bonds is 8. The molecule has 0 aliphatic heterocycles. The minimum Gasteiger partial charge on any atom is -0.508 e. The Morgan fingerprint density at radius 2 is 1.86 bits per heavy atom. The Balaban J connectivity index is 1.77. The monoisotopic (exact) mass is 425 g/mol. The van der Waals surface area contributed by atoms with Crippen LogP contribution in [0.3, 0.4) is 0 Å². The van der Waals surface area contributed by atoms with Crippen LogP contribution in [0.1, 0.15) is 39.2 Å². The predicted molar refractivity (Wildman–Crippen MR) is 110 cm³/mol. The van der Waals surface area contributed by atoms with Crippen molar-refractivity contribution in [3.8, 4) is 5.75 Å². The molecule has 0 unspecified atom stereocenters. The summed E-state index contributed by atoms with van der Waals surface area (Å²) in [7, 11) is -3.97. The number of ether oxygens (including phenoxy) is 1. The van der Waals surface area contributed by atoms with Gasteiger partial charge in [0.1, 0.15) is 23.5 Å². The Morgan fingerprint density at radius 1 is 1.17 bits per heavy atom. The van der Waals surface area contributed by atoms with Crippen molar-refractivity contribution in [2.24, 2.45) is 0 Å². The van der Waals surface area contributed by atoms with Crippen LogP contribution in [0.25, 0.3) is 10.9 Å². The first kappa shape index (κ1) is 22.6. The second-order valence-electron chi connectivity index (χ2n) is 7.51. The largest absolute Gasteiger partial charge is 0.508 e. The molecular formula is C18H27N5O5S. The highest BCUT2D eigenvalue weighted by Gasteiger charge is 2.20. The van der Waals surface area contributed by atoms with E-state index in [1.54, 1.807) is 38.5 Å². The standard InChI is InChI=1S/C18H27N5O5S/c1-12-9-13-14(10-15(12)24)20-11-21-16(13)19-7-5-6-8-22-29(26,27)23-17(25)28-18(2,3)4/h9-11,22,24H,5-8H2,1-4H3,(H,23,25)(H,19,20,21). The van der Waals surface area contributed by atoms with Gasteiger partial charge in [0.15, 0.2) is 0 Å². The number of carbonyl (C=O) groups is 1. The molecule has 29 heavy (non-hydrogen) atoms. The number of amides is 1. The molecule has 0 fully saturated rings. The van der Waals surface area contributed by atoms with Gasteiger partial charge < -0.3 is 15.2 Å². The van der Waals surface area contributed by atoms with Crippen LogP contribution in [0.4, 0.5) is 10.6 Å². The Kier molecular flexibility index (Phi) is 7.20. The number of unbranched alkanes of at least 4 members (excludes halogenated alkanes) is 1. The number of nitrogens with one attached hydrogen (secondary N) is 3. The van der Waals surface area contributed by atoms with Gasteiger partial charge in [0.2, 0.25) is 0 Å². The van der Waals surface area contributed by atoms with Crippen LogP contribution in [-0.4, -0.2) is 48.3 Å². The van der Waals surface area contributed by atoms with E-state index >= 15 is 0 Å². The van der Waals surface area contributed by atoms with Crippen LogP contribution in [-0.2, 0) is 14.9 Å². The zero-order valence-corrected chi connectivity index (χ0v) is 17.8. The number of aryl methyl sites for hydroxylation is 1. The van der Waals surface area contributed by atoms with E-state index in [1.807, 2.05) is 6.07 Å². The second-order valence-corrected chi connectivity index (χ2v) is 9.01. The van der Waals surface area contributed by atoms with Gasteiger partial charge >= 0.3 is 16.3 Å². The van der Waals surface area contributed by atoms with Crippen molar-refractivity contribution in [1.29, 1.82) is 0 Å². The molecule has 11 heteroatoms. The number of aromatic hydroxyl groups is 1. The maximum atomic E-state index is 11.8. The fourth-order valence-electron chi connectivity index (χ4n) is 2.45. The zero-order chi connectivity index (χ0) is 21.7. The highest BCUT2D eigenvalue weighted by atomic mass is 32.2. The normalized spacial score (nSPS) is 12.0. The number of nitrogens with zero attached hydrogens (tertiary/aromatic N) is 2. The van der Waals surface area contributed by atoms with Crippen LogP contribution < -0.4 is 14.8 Å². The van der Waals surface area contributed by atoms with Gasteiger partial charge in [0, 0.05) is 24.5 Å². The molecule has 0 saturated carbocycles. The number of fused-ring (bicyclic) bond motifs is 1. The topological polar surface area (TPSA) is 143 Å². The molecule has 0 atom stereocenters. The van der Waals surface area contributed by atoms with Crippen molar-refractivity contribution in [3.05, 3.63) is 24.0 Å². The van der Waals surface area contributed by atoms with Gasteiger partial charge in [-0.1, -0.05) is 0 Å². The third-order valence-corrected chi connectivity index (χ3v) is 4.78. The fourth-order valence-corrected chi connectivity index (χ4v) is 3.20. The number of phenolic OH excluding ortho intramolecular Hbond substituents is 1. The summed E-state index contributed by atoms with van der Waals surface area (Å²) in [6.45, 7) is 7.45. The molecule has 0 aliphatic carbocycles. The lowest BCUT2D eigenvalue weighted by molar-refractivity contribution is 0.0569. The lowest BCUT2D eigenvalue weighted by Crippen LogP contribution is -2.43. The molecule has 0 aliphatic rings. The lowest BCUT2D eigenvalue weighted by Gasteiger charge is -2.19. The van der Waals surface area contributed by atoms with E-state index in [1.165, 1.54) is 6.33 Å². The van der Waals surface area contributed by atoms with Gasteiger partial charge in [-0.25, -0.2) is 19.5 Å². The molecule has 1 amide bonds. The van der Waals surface area contributed by atoms with E-state index in [-0.39, 0.29) is 12.3 Å². The molecule has 1 heterocycles. The van der Waals surface area contributed by atoms with Crippen molar-refractivity contribution in [1.82, 2.24) is 19.4 Å². The molecule has 10 nitrogen and oxygen atoms in total. The van der Waals surface area contributed by atoms with Crippen molar-refractivity contribution >= 4 is 33.0 Å². The Morgan fingerprint density at radius 3 is 2.55 bits per heavy atom. The summed E-state index contributed by atoms with van der Waals surface area (Å²) in [5.74, 6) is 0.819. The van der Waals surface area contributed by atoms with E-state index < -0.39 is 21.9 Å². The second kappa shape index (κ2) is 9.23. The van der Waals surface area contributed by atoms with E-state index in [9.17, 15) is 18.3 Å². The van der Waals surface area contributed by atoms with Crippen molar-refractivity contribution in [3.63, 3.8) is 0 Å². The number of carbonyl (C=O) groups excluding carboxylic acids is 1. The average molecular weight is 426 g/mol. The van der Waals surface area contributed by atoms with E-state index in [4.69, 9.17) is 4.74 Å². The minimum absolute atomic E-state index is 0.164. The smallest absolute Gasteiger partial charge is 0.422 e. The number of aromatic nitrogens is 2. The third-order valence-electron chi connectivity index (χ3n) is 3.76. The average Bonchev–Trinajstić information content (AvgIpc) is 2.57. The first-order valence-electron chi connectivity index (χ1n) is 9.15. The molecule has 0 spiro atoms. The first-order valence-corrected chi connectivity index (χ1v) is 10.6. The molecule has 2 rings (SSSR count). The summed E-state index contributed by atoms with van der Waals surface area (Å²) in [5.41, 5.74) is 0.571. The minimum atomic E-state index is -3.97. The van der Waals surface area contributed by atoms with Crippen LogP contribution in [0.15, 0.2) is 18.5 Å².